The van der Waals surface area contributed by atoms with E-state index < -0.39 is 0 Å². The van der Waals surface area contributed by atoms with Crippen molar-refractivity contribution in [2.75, 3.05) is 0 Å². The summed E-state index contributed by atoms with van der Waals surface area (Å²) in [5, 5.41) is 11.4. The Balaban J connectivity index is 2.22. The number of nitrogens with zero attached hydrogens (tertiary/aromatic N) is 3. The zero-order valence-corrected chi connectivity index (χ0v) is 11.7. The summed E-state index contributed by atoms with van der Waals surface area (Å²) in [4.78, 5) is 0. The summed E-state index contributed by atoms with van der Waals surface area (Å²) < 4.78 is 15.3. The second kappa shape index (κ2) is 5.09. The van der Waals surface area contributed by atoms with Gasteiger partial charge in [-0.25, -0.2) is 9.07 Å². The fraction of sp³-hybridized carbons (Fsp3) is 0.429. The predicted octanol–water partition coefficient (Wildman–Crippen LogP) is 2.60. The van der Waals surface area contributed by atoms with Gasteiger partial charge < -0.3 is 5.32 Å². The topological polar surface area (TPSA) is 42.7 Å². The van der Waals surface area contributed by atoms with Gasteiger partial charge in [-0.2, -0.15) is 0 Å². The molecule has 0 amide bonds. The molecule has 1 aromatic heterocycles. The van der Waals surface area contributed by atoms with E-state index >= 15 is 0 Å². The third-order valence-corrected chi connectivity index (χ3v) is 2.76. The average molecular weight is 262 g/mol. The highest BCUT2D eigenvalue weighted by Gasteiger charge is 2.12. The second-order valence-electron chi connectivity index (χ2n) is 5.66. The molecule has 1 aromatic carbocycles. The second-order valence-corrected chi connectivity index (χ2v) is 5.66. The van der Waals surface area contributed by atoms with E-state index in [1.807, 2.05) is 13.0 Å². The lowest BCUT2D eigenvalue weighted by molar-refractivity contribution is 0.421. The number of benzene rings is 1. The molecule has 2 rings (SSSR count). The Kier molecular flexibility index (Phi) is 3.66. The first-order chi connectivity index (χ1) is 8.87. The van der Waals surface area contributed by atoms with Gasteiger partial charge >= 0.3 is 0 Å². The maximum atomic E-state index is 13.8. The molecule has 2 aromatic rings. The molecule has 4 nitrogen and oxygen atoms in total. The summed E-state index contributed by atoms with van der Waals surface area (Å²) in [6.45, 7) is 8.71. The van der Waals surface area contributed by atoms with E-state index in [1.165, 1.54) is 10.7 Å². The molecule has 1 heterocycles. The monoisotopic (exact) mass is 262 g/mol. The van der Waals surface area contributed by atoms with E-state index in [1.54, 1.807) is 12.3 Å². The quantitative estimate of drug-likeness (QED) is 0.924. The van der Waals surface area contributed by atoms with Crippen LogP contribution in [0.15, 0.2) is 24.4 Å². The van der Waals surface area contributed by atoms with E-state index in [9.17, 15) is 4.39 Å². The summed E-state index contributed by atoms with van der Waals surface area (Å²) in [7, 11) is 0. The molecule has 0 saturated carbocycles. The molecule has 0 unspecified atom stereocenters. The van der Waals surface area contributed by atoms with Crippen molar-refractivity contribution in [3.63, 3.8) is 0 Å². The highest BCUT2D eigenvalue weighted by atomic mass is 19.1. The third kappa shape index (κ3) is 3.38. The van der Waals surface area contributed by atoms with Gasteiger partial charge in [-0.1, -0.05) is 17.3 Å². The van der Waals surface area contributed by atoms with Gasteiger partial charge in [0.1, 0.15) is 11.5 Å². The molecule has 1 N–H and O–H groups in total. The van der Waals surface area contributed by atoms with Crippen molar-refractivity contribution in [2.24, 2.45) is 0 Å². The first-order valence-electron chi connectivity index (χ1n) is 6.28. The van der Waals surface area contributed by atoms with Gasteiger partial charge in [0.05, 0.1) is 11.9 Å². The molecule has 0 spiro atoms. The number of nitrogens with one attached hydrogen (secondary N) is 1. The highest BCUT2D eigenvalue weighted by Crippen LogP contribution is 2.17. The van der Waals surface area contributed by atoms with Crippen LogP contribution < -0.4 is 5.32 Å². The standard InChI is InChI=1S/C14H19FN4/c1-10-6-5-7-12(15)13(10)19-9-11(17-18-19)8-16-14(2,3)4/h5-7,9,16H,8H2,1-4H3. The van der Waals surface area contributed by atoms with Crippen molar-refractivity contribution in [1.82, 2.24) is 20.3 Å². The molecule has 102 valence electrons. The van der Waals surface area contributed by atoms with E-state index in [0.717, 1.165) is 11.3 Å². The van der Waals surface area contributed by atoms with Crippen molar-refractivity contribution in [1.29, 1.82) is 0 Å². The summed E-state index contributed by atoms with van der Waals surface area (Å²) in [5.41, 5.74) is 2.09. The molecule has 0 aliphatic heterocycles. The van der Waals surface area contributed by atoms with Crippen molar-refractivity contribution in [3.05, 3.63) is 41.5 Å². The Bertz CT molecular complexity index is 549. The summed E-state index contributed by atoms with van der Waals surface area (Å²) >= 11 is 0. The Morgan fingerprint density at radius 1 is 1.32 bits per heavy atom. The predicted molar refractivity (Wildman–Crippen MR) is 72.6 cm³/mol. The lowest BCUT2D eigenvalue weighted by Crippen LogP contribution is -2.35. The van der Waals surface area contributed by atoms with E-state index in [-0.39, 0.29) is 11.4 Å². The van der Waals surface area contributed by atoms with Gasteiger partial charge in [0.2, 0.25) is 0 Å². The van der Waals surface area contributed by atoms with E-state index in [4.69, 9.17) is 0 Å². The van der Waals surface area contributed by atoms with Crippen LogP contribution in [-0.2, 0) is 6.54 Å². The van der Waals surface area contributed by atoms with Crippen molar-refractivity contribution < 1.29 is 4.39 Å². The minimum atomic E-state index is -0.291. The zero-order chi connectivity index (χ0) is 14.0. The molecular weight excluding hydrogens is 243 g/mol. The smallest absolute Gasteiger partial charge is 0.149 e. The minimum Gasteiger partial charge on any atom is -0.306 e. The molecule has 0 aliphatic carbocycles. The molecule has 0 bridgehead atoms. The van der Waals surface area contributed by atoms with Crippen LogP contribution >= 0.6 is 0 Å². The summed E-state index contributed by atoms with van der Waals surface area (Å²) in [5.74, 6) is -0.291. The lowest BCUT2D eigenvalue weighted by Gasteiger charge is -2.19. The molecule has 0 radical (unpaired) electrons. The molecule has 19 heavy (non-hydrogen) atoms. The lowest BCUT2D eigenvalue weighted by atomic mass is 10.1. The van der Waals surface area contributed by atoms with Crippen LogP contribution in [0.1, 0.15) is 32.0 Å². The van der Waals surface area contributed by atoms with Crippen LogP contribution in [0.3, 0.4) is 0 Å². The molecule has 0 saturated heterocycles. The van der Waals surface area contributed by atoms with Crippen molar-refractivity contribution in [3.8, 4) is 5.69 Å². The Labute approximate surface area is 112 Å². The number of aryl methyl sites for hydroxylation is 1. The molecular formula is C14H19FN4. The molecule has 0 atom stereocenters. The first kappa shape index (κ1) is 13.7. The fourth-order valence-corrected chi connectivity index (χ4v) is 1.76. The highest BCUT2D eigenvalue weighted by molar-refractivity contribution is 5.40. The van der Waals surface area contributed by atoms with Crippen molar-refractivity contribution in [2.45, 2.75) is 39.8 Å². The van der Waals surface area contributed by atoms with Gasteiger partial charge in [-0.15, -0.1) is 5.10 Å². The first-order valence-corrected chi connectivity index (χ1v) is 6.28. The van der Waals surface area contributed by atoms with Crippen LogP contribution in [-0.4, -0.2) is 20.5 Å². The minimum absolute atomic E-state index is 0.0116. The van der Waals surface area contributed by atoms with E-state index in [0.29, 0.717) is 12.2 Å². The fourth-order valence-electron chi connectivity index (χ4n) is 1.76. The maximum Gasteiger partial charge on any atom is 0.149 e. The van der Waals surface area contributed by atoms with Gasteiger partial charge in [0, 0.05) is 12.1 Å². The normalized spacial score (nSPS) is 11.8. The molecule has 0 aliphatic rings. The Morgan fingerprint density at radius 3 is 2.68 bits per heavy atom. The summed E-state index contributed by atoms with van der Waals surface area (Å²) in [6, 6.07) is 4.97. The van der Waals surface area contributed by atoms with Crippen LogP contribution in [0.4, 0.5) is 4.39 Å². The number of para-hydroxylation sites is 1. The Morgan fingerprint density at radius 2 is 2.05 bits per heavy atom. The van der Waals surface area contributed by atoms with Crippen LogP contribution in [0, 0.1) is 12.7 Å². The van der Waals surface area contributed by atoms with E-state index in [2.05, 4.69) is 36.4 Å². The number of rotatable bonds is 3. The number of hydrogen-bond acceptors (Lipinski definition) is 3. The van der Waals surface area contributed by atoms with Crippen molar-refractivity contribution >= 4 is 0 Å². The number of hydrogen-bond donors (Lipinski definition) is 1. The van der Waals surface area contributed by atoms with Crippen LogP contribution in [0.25, 0.3) is 5.69 Å². The Hall–Kier alpha value is -1.75. The molecule has 0 fully saturated rings. The van der Waals surface area contributed by atoms with Gasteiger partial charge in [0.25, 0.3) is 0 Å². The SMILES string of the molecule is Cc1cccc(F)c1-n1cc(CNC(C)(C)C)nn1. The van der Waals surface area contributed by atoms with Crippen LogP contribution in [0.5, 0.6) is 0 Å². The maximum absolute atomic E-state index is 13.8. The van der Waals surface area contributed by atoms with Gasteiger partial charge in [-0.3, -0.25) is 0 Å². The largest absolute Gasteiger partial charge is 0.306 e. The number of halogens is 1. The number of aromatic nitrogens is 3. The average Bonchev–Trinajstić information content (AvgIpc) is 2.74. The zero-order valence-electron chi connectivity index (χ0n) is 11.7. The summed E-state index contributed by atoms with van der Waals surface area (Å²) in [6.07, 6.45) is 1.75. The van der Waals surface area contributed by atoms with Crippen LogP contribution in [0.2, 0.25) is 0 Å². The third-order valence-electron chi connectivity index (χ3n) is 2.76. The van der Waals surface area contributed by atoms with Gasteiger partial charge in [0.15, 0.2) is 0 Å². The van der Waals surface area contributed by atoms with Gasteiger partial charge in [-0.05, 0) is 39.3 Å². The molecule has 5 heteroatoms.